The molecule has 0 amide bonds. The number of rotatable bonds is 6. The maximum absolute atomic E-state index is 12.9. The minimum absolute atomic E-state index is 0.0484. The summed E-state index contributed by atoms with van der Waals surface area (Å²) in [5.74, 6) is -1.66. The van der Waals surface area contributed by atoms with Crippen molar-refractivity contribution in [3.8, 4) is 23.0 Å². The fraction of sp³-hybridized carbons (Fsp3) is 0.0714. The van der Waals surface area contributed by atoms with Gasteiger partial charge in [-0.05, 0) is 60.7 Å². The summed E-state index contributed by atoms with van der Waals surface area (Å²) < 4.78 is 87.7. The largest absolute Gasteiger partial charge is 0.478 e. The molecule has 0 radical (unpaired) electrons. The predicted molar refractivity (Wildman–Crippen MR) is 128 cm³/mol. The molecule has 5 nitrogen and oxygen atoms in total. The fourth-order valence-corrected chi connectivity index (χ4v) is 3.14. The number of ether oxygens (including phenoxy) is 2. The number of halogens is 6. The van der Waals surface area contributed by atoms with E-state index in [1.54, 1.807) is 48.5 Å². The second-order valence-corrected chi connectivity index (χ2v) is 7.72. The van der Waals surface area contributed by atoms with Gasteiger partial charge in [0.1, 0.15) is 29.3 Å². The zero-order chi connectivity index (χ0) is 28.6. The normalized spacial score (nSPS) is 11.1. The third-order valence-corrected chi connectivity index (χ3v) is 4.92. The molecule has 11 heteroatoms. The first-order valence-corrected chi connectivity index (χ1v) is 10.9. The van der Waals surface area contributed by atoms with Crippen LogP contribution in [0, 0.1) is 0 Å². The monoisotopic (exact) mass is 548 g/mol. The van der Waals surface area contributed by atoms with Gasteiger partial charge in [0.25, 0.3) is 0 Å². The number of carboxylic acid groups (broad SMARTS) is 1. The van der Waals surface area contributed by atoms with Gasteiger partial charge >= 0.3 is 18.3 Å². The Morgan fingerprint density at radius 1 is 0.641 bits per heavy atom. The van der Waals surface area contributed by atoms with Crippen LogP contribution in [0.2, 0.25) is 0 Å². The van der Waals surface area contributed by atoms with Gasteiger partial charge in [-0.1, -0.05) is 36.4 Å². The molecule has 0 unspecified atom stereocenters. The third-order valence-electron chi connectivity index (χ3n) is 4.92. The lowest BCUT2D eigenvalue weighted by molar-refractivity contribution is -0.139. The quantitative estimate of drug-likeness (QED) is 0.193. The molecular weight excluding hydrogens is 530 g/mol. The van der Waals surface area contributed by atoms with Gasteiger partial charge in [0.2, 0.25) is 0 Å². The Morgan fingerprint density at radius 3 is 1.49 bits per heavy atom. The Kier molecular flexibility index (Phi) is 8.97. The Labute approximate surface area is 217 Å². The van der Waals surface area contributed by atoms with Gasteiger partial charge in [0.05, 0.1) is 16.7 Å². The highest BCUT2D eigenvalue weighted by molar-refractivity contribution is 5.88. The molecule has 0 saturated heterocycles. The summed E-state index contributed by atoms with van der Waals surface area (Å²) in [5, 5.41) is 8.75. The molecule has 0 aliphatic heterocycles. The van der Waals surface area contributed by atoms with E-state index in [1.165, 1.54) is 18.2 Å². The molecule has 39 heavy (non-hydrogen) atoms. The van der Waals surface area contributed by atoms with Gasteiger partial charge in [-0.25, -0.2) is 4.79 Å². The van der Waals surface area contributed by atoms with Crippen LogP contribution in [-0.4, -0.2) is 17.4 Å². The van der Waals surface area contributed by atoms with Crippen molar-refractivity contribution < 1.29 is 50.5 Å². The van der Waals surface area contributed by atoms with Crippen LogP contribution in [-0.2, 0) is 12.4 Å². The van der Waals surface area contributed by atoms with Crippen molar-refractivity contribution in [2.45, 2.75) is 12.4 Å². The van der Waals surface area contributed by atoms with Gasteiger partial charge in [-0.15, -0.1) is 0 Å². The van der Waals surface area contributed by atoms with Crippen LogP contribution in [0.25, 0.3) is 0 Å². The highest BCUT2D eigenvalue weighted by Gasteiger charge is 2.36. The number of benzene rings is 4. The standard InChI is InChI=1S/C14H9F3O3.C14H9F3O2/c15-14(16,17)11-8-9(13(18)19)6-7-12(11)20-10-4-2-1-3-5-10;15-14(16,17)12-8-10(9-18)6-7-13(12)19-11-4-2-1-3-5-11/h1-8H,(H,18,19);1-9H. The van der Waals surface area contributed by atoms with Gasteiger partial charge in [0.15, 0.2) is 0 Å². The van der Waals surface area contributed by atoms with Gasteiger partial charge in [-0.2, -0.15) is 26.3 Å². The molecule has 0 heterocycles. The highest BCUT2D eigenvalue weighted by Crippen LogP contribution is 2.39. The SMILES string of the molecule is O=C(O)c1ccc(Oc2ccccc2)c(C(F)(F)F)c1.O=Cc1ccc(Oc2ccccc2)c(C(F)(F)F)c1. The number of hydrogen-bond donors (Lipinski definition) is 1. The summed E-state index contributed by atoms with van der Waals surface area (Å²) >= 11 is 0. The zero-order valence-corrected chi connectivity index (χ0v) is 19.7. The number of carbonyl (C=O) groups is 2. The van der Waals surface area contributed by atoms with Crippen LogP contribution in [0.5, 0.6) is 23.0 Å². The molecule has 4 rings (SSSR count). The third kappa shape index (κ3) is 8.09. The lowest BCUT2D eigenvalue weighted by atomic mass is 10.1. The first-order valence-electron chi connectivity index (χ1n) is 10.9. The minimum atomic E-state index is -4.70. The van der Waals surface area contributed by atoms with E-state index in [2.05, 4.69) is 0 Å². The second kappa shape index (κ2) is 12.2. The number of para-hydroxylation sites is 2. The molecule has 1 N–H and O–H groups in total. The lowest BCUT2D eigenvalue weighted by Crippen LogP contribution is -2.09. The van der Waals surface area contributed by atoms with E-state index < -0.39 is 40.8 Å². The van der Waals surface area contributed by atoms with Crippen molar-refractivity contribution in [1.29, 1.82) is 0 Å². The molecule has 0 aliphatic carbocycles. The van der Waals surface area contributed by atoms with Gasteiger partial charge in [-0.3, -0.25) is 4.79 Å². The van der Waals surface area contributed by atoms with E-state index in [1.807, 2.05) is 0 Å². The van der Waals surface area contributed by atoms with Crippen LogP contribution in [0.4, 0.5) is 26.3 Å². The number of hydrogen-bond acceptors (Lipinski definition) is 4. The molecule has 0 spiro atoms. The van der Waals surface area contributed by atoms with Crippen molar-refractivity contribution in [3.05, 3.63) is 119 Å². The number of carboxylic acids is 1. The summed E-state index contributed by atoms with van der Waals surface area (Å²) in [6.07, 6.45) is -8.92. The number of alkyl halides is 6. The molecule has 4 aromatic rings. The average molecular weight is 548 g/mol. The topological polar surface area (TPSA) is 72.8 Å². The smallest absolute Gasteiger partial charge is 0.420 e. The summed E-state index contributed by atoms with van der Waals surface area (Å²) in [6, 6.07) is 21.9. The number of aldehydes is 1. The Hall–Kier alpha value is -4.80. The second-order valence-electron chi connectivity index (χ2n) is 7.72. The van der Waals surface area contributed by atoms with Gasteiger partial charge in [0, 0.05) is 5.56 Å². The fourth-order valence-electron chi connectivity index (χ4n) is 3.14. The van der Waals surface area contributed by atoms with E-state index in [4.69, 9.17) is 14.6 Å². The summed E-state index contributed by atoms with van der Waals surface area (Å²) in [6.45, 7) is 0. The Balaban J connectivity index is 0.000000216. The van der Waals surface area contributed by atoms with Crippen molar-refractivity contribution >= 4 is 12.3 Å². The summed E-state index contributed by atoms with van der Waals surface area (Å²) in [5.41, 5.74) is -2.59. The van der Waals surface area contributed by atoms with Crippen LogP contribution in [0.3, 0.4) is 0 Å². The van der Waals surface area contributed by atoms with E-state index in [0.29, 0.717) is 18.1 Å². The van der Waals surface area contributed by atoms with Crippen molar-refractivity contribution in [2.75, 3.05) is 0 Å². The first-order chi connectivity index (χ1) is 18.4. The molecule has 4 aromatic carbocycles. The first kappa shape index (κ1) is 28.8. The maximum atomic E-state index is 12.9. The molecule has 0 bridgehead atoms. The molecule has 202 valence electrons. The van der Waals surface area contributed by atoms with E-state index in [-0.39, 0.29) is 17.1 Å². The summed E-state index contributed by atoms with van der Waals surface area (Å²) in [4.78, 5) is 21.3. The molecule has 0 aliphatic rings. The zero-order valence-electron chi connectivity index (χ0n) is 19.7. The molecule has 0 fully saturated rings. The summed E-state index contributed by atoms with van der Waals surface area (Å²) in [7, 11) is 0. The Morgan fingerprint density at radius 2 is 1.08 bits per heavy atom. The predicted octanol–water partition coefficient (Wildman–Crippen LogP) is 8.51. The van der Waals surface area contributed by atoms with E-state index in [0.717, 1.165) is 24.3 Å². The van der Waals surface area contributed by atoms with Crippen molar-refractivity contribution in [3.63, 3.8) is 0 Å². The van der Waals surface area contributed by atoms with Crippen LogP contribution < -0.4 is 9.47 Å². The Bertz CT molecular complexity index is 1420. The van der Waals surface area contributed by atoms with Crippen LogP contribution in [0.15, 0.2) is 97.1 Å². The molecule has 0 aromatic heterocycles. The average Bonchev–Trinajstić information content (AvgIpc) is 2.89. The van der Waals surface area contributed by atoms with Crippen LogP contribution >= 0.6 is 0 Å². The molecule has 0 saturated carbocycles. The molecule has 0 atom stereocenters. The van der Waals surface area contributed by atoms with Gasteiger partial charge < -0.3 is 14.6 Å². The van der Waals surface area contributed by atoms with E-state index >= 15 is 0 Å². The van der Waals surface area contributed by atoms with E-state index in [9.17, 15) is 35.9 Å². The van der Waals surface area contributed by atoms with Crippen molar-refractivity contribution in [2.24, 2.45) is 0 Å². The lowest BCUT2D eigenvalue weighted by Gasteiger charge is -2.14. The number of carbonyl (C=O) groups excluding carboxylic acids is 1. The van der Waals surface area contributed by atoms with Crippen molar-refractivity contribution in [1.82, 2.24) is 0 Å². The molecular formula is C28H18F6O5. The maximum Gasteiger partial charge on any atom is 0.420 e. The minimum Gasteiger partial charge on any atom is -0.478 e. The highest BCUT2D eigenvalue weighted by atomic mass is 19.4. The van der Waals surface area contributed by atoms with Crippen LogP contribution in [0.1, 0.15) is 31.8 Å². The number of aromatic carboxylic acids is 1.